The highest BCUT2D eigenvalue weighted by Gasteiger charge is 2.20. The predicted octanol–water partition coefficient (Wildman–Crippen LogP) is 2.38. The Balaban J connectivity index is 2.24. The molecular weight excluding hydrogens is 286 g/mol. The van der Waals surface area contributed by atoms with Crippen molar-refractivity contribution in [2.24, 2.45) is 7.05 Å². The second-order valence-electron chi connectivity index (χ2n) is 5.92. The Hall–Kier alpha value is -1.82. The maximum atomic E-state index is 10.6. The van der Waals surface area contributed by atoms with E-state index in [0.29, 0.717) is 5.16 Å². The third-order valence-corrected chi connectivity index (χ3v) is 4.24. The highest BCUT2D eigenvalue weighted by molar-refractivity contribution is 7.99. The van der Waals surface area contributed by atoms with Crippen LogP contribution < -0.4 is 4.57 Å². The van der Waals surface area contributed by atoms with Crippen molar-refractivity contribution < 1.29 is 14.5 Å². The standard InChI is InChI=1S/C15H19N3O2S/c1-15(2,3)11-7-5-10(6-8-11)13-16-17-14(18(13)4)21-9-12(19)20/h5-8H,9H2,1-4H3,(H,19,20)/p+1. The minimum absolute atomic E-state index is 0.00109. The maximum Gasteiger partial charge on any atom is 0.337 e. The SMILES string of the molecule is C[n+]1c(SCC(=O)O)n[nH]c1-c1ccc(C(C)(C)C)cc1. The van der Waals surface area contributed by atoms with Crippen LogP contribution in [0.3, 0.4) is 0 Å². The van der Waals surface area contributed by atoms with Crippen LogP contribution in [0.5, 0.6) is 0 Å². The lowest BCUT2D eigenvalue weighted by Gasteiger charge is -2.18. The second-order valence-corrected chi connectivity index (χ2v) is 6.87. The van der Waals surface area contributed by atoms with Crippen LogP contribution in [0, 0.1) is 0 Å². The summed E-state index contributed by atoms with van der Waals surface area (Å²) in [7, 11) is 1.88. The van der Waals surface area contributed by atoms with Gasteiger partial charge in [0.05, 0.1) is 17.7 Å². The van der Waals surface area contributed by atoms with Gasteiger partial charge in [-0.1, -0.05) is 32.9 Å². The first-order valence-electron chi connectivity index (χ1n) is 6.69. The zero-order chi connectivity index (χ0) is 15.6. The molecule has 0 fully saturated rings. The van der Waals surface area contributed by atoms with E-state index >= 15 is 0 Å². The number of thioether (sulfide) groups is 1. The van der Waals surface area contributed by atoms with Crippen LogP contribution >= 0.6 is 11.8 Å². The molecule has 0 spiro atoms. The Labute approximate surface area is 128 Å². The van der Waals surface area contributed by atoms with Crippen molar-refractivity contribution in [3.8, 4) is 11.4 Å². The molecule has 6 heteroatoms. The number of aromatic nitrogens is 3. The molecule has 0 saturated carbocycles. The lowest BCUT2D eigenvalue weighted by atomic mass is 9.87. The highest BCUT2D eigenvalue weighted by atomic mass is 32.2. The van der Waals surface area contributed by atoms with E-state index in [2.05, 4.69) is 55.2 Å². The third-order valence-electron chi connectivity index (χ3n) is 3.23. The highest BCUT2D eigenvalue weighted by Crippen LogP contribution is 2.24. The Morgan fingerprint density at radius 3 is 2.48 bits per heavy atom. The van der Waals surface area contributed by atoms with E-state index in [-0.39, 0.29) is 11.2 Å². The molecule has 0 saturated heterocycles. The van der Waals surface area contributed by atoms with Gasteiger partial charge in [-0.15, -0.1) is 5.10 Å². The summed E-state index contributed by atoms with van der Waals surface area (Å²) >= 11 is 1.20. The second kappa shape index (κ2) is 5.89. The molecule has 21 heavy (non-hydrogen) atoms. The number of hydrogen-bond donors (Lipinski definition) is 2. The van der Waals surface area contributed by atoms with Crippen molar-refractivity contribution >= 4 is 17.7 Å². The molecule has 1 aromatic carbocycles. The number of H-pyrrole nitrogens is 1. The molecule has 2 aromatic rings. The fourth-order valence-corrected chi connectivity index (χ4v) is 2.64. The summed E-state index contributed by atoms with van der Waals surface area (Å²) in [4.78, 5) is 10.6. The Morgan fingerprint density at radius 1 is 1.33 bits per heavy atom. The molecule has 5 nitrogen and oxygen atoms in total. The van der Waals surface area contributed by atoms with Crippen molar-refractivity contribution in [1.29, 1.82) is 0 Å². The summed E-state index contributed by atoms with van der Waals surface area (Å²) in [5.41, 5.74) is 2.42. The van der Waals surface area contributed by atoms with E-state index in [1.807, 2.05) is 11.6 Å². The van der Waals surface area contributed by atoms with Gasteiger partial charge in [0.1, 0.15) is 5.75 Å². The van der Waals surface area contributed by atoms with Crippen molar-refractivity contribution in [1.82, 2.24) is 10.2 Å². The lowest BCUT2D eigenvalue weighted by Crippen LogP contribution is -2.31. The molecule has 112 valence electrons. The van der Waals surface area contributed by atoms with Crippen LogP contribution in [0.2, 0.25) is 0 Å². The minimum Gasteiger partial charge on any atom is -0.481 e. The minimum atomic E-state index is -0.848. The number of carboxylic acid groups (broad SMARTS) is 1. The van der Waals surface area contributed by atoms with Crippen molar-refractivity contribution in [3.63, 3.8) is 0 Å². The van der Waals surface area contributed by atoms with E-state index in [1.54, 1.807) is 0 Å². The summed E-state index contributed by atoms with van der Waals surface area (Å²) in [5, 5.41) is 16.5. The van der Waals surface area contributed by atoms with Gasteiger partial charge < -0.3 is 5.11 Å². The molecule has 2 rings (SSSR count). The number of aromatic amines is 1. The largest absolute Gasteiger partial charge is 0.481 e. The van der Waals surface area contributed by atoms with Crippen molar-refractivity contribution in [3.05, 3.63) is 29.8 Å². The first-order valence-corrected chi connectivity index (χ1v) is 7.67. The topological polar surface area (TPSA) is 69.9 Å². The van der Waals surface area contributed by atoms with E-state index in [0.717, 1.165) is 11.4 Å². The number of benzene rings is 1. The molecule has 0 radical (unpaired) electrons. The van der Waals surface area contributed by atoms with Gasteiger partial charge in [-0.25, -0.2) is 4.57 Å². The summed E-state index contributed by atoms with van der Waals surface area (Å²) in [6.07, 6.45) is 0. The van der Waals surface area contributed by atoms with Crippen LogP contribution in [-0.2, 0) is 17.3 Å². The van der Waals surface area contributed by atoms with E-state index < -0.39 is 5.97 Å². The van der Waals surface area contributed by atoms with E-state index in [9.17, 15) is 4.79 Å². The summed E-state index contributed by atoms with van der Waals surface area (Å²) in [5.74, 6) is 0.0172. The predicted molar refractivity (Wildman–Crippen MR) is 82.3 cm³/mol. The fraction of sp³-hybridized carbons (Fsp3) is 0.400. The van der Waals surface area contributed by atoms with Crippen molar-refractivity contribution in [2.45, 2.75) is 31.3 Å². The molecule has 0 amide bonds. The monoisotopic (exact) mass is 306 g/mol. The van der Waals surface area contributed by atoms with Gasteiger partial charge in [-0.05, 0) is 34.9 Å². The van der Waals surface area contributed by atoms with Gasteiger partial charge >= 0.3 is 11.1 Å². The Bertz CT molecular complexity index is 642. The van der Waals surface area contributed by atoms with Gasteiger partial charge in [0.15, 0.2) is 0 Å². The lowest BCUT2D eigenvalue weighted by molar-refractivity contribution is -0.698. The van der Waals surface area contributed by atoms with Gasteiger partial charge in [0.25, 0.3) is 5.82 Å². The zero-order valence-corrected chi connectivity index (χ0v) is 13.5. The smallest absolute Gasteiger partial charge is 0.337 e. The molecule has 0 aliphatic heterocycles. The normalized spacial score (nSPS) is 11.6. The number of nitrogens with zero attached hydrogens (tertiary/aromatic N) is 2. The molecule has 0 bridgehead atoms. The number of carboxylic acids is 1. The number of rotatable bonds is 4. The molecule has 1 aromatic heterocycles. The average molecular weight is 306 g/mol. The number of carbonyl (C=O) groups is 1. The molecular formula is C15H20N3O2S+. The molecule has 0 unspecified atom stereocenters. The first kappa shape index (κ1) is 15.6. The van der Waals surface area contributed by atoms with Crippen LogP contribution in [0.25, 0.3) is 11.4 Å². The van der Waals surface area contributed by atoms with Gasteiger partial charge in [0.2, 0.25) is 0 Å². The summed E-state index contributed by atoms with van der Waals surface area (Å²) in [6.45, 7) is 6.54. The van der Waals surface area contributed by atoms with Crippen LogP contribution in [0.1, 0.15) is 26.3 Å². The van der Waals surface area contributed by atoms with Crippen molar-refractivity contribution in [2.75, 3.05) is 5.75 Å². The molecule has 1 heterocycles. The Morgan fingerprint density at radius 2 is 1.95 bits per heavy atom. The molecule has 0 aliphatic rings. The van der Waals surface area contributed by atoms with Gasteiger partial charge in [-0.3, -0.25) is 4.79 Å². The third kappa shape index (κ3) is 3.64. The average Bonchev–Trinajstić information content (AvgIpc) is 2.77. The number of nitrogens with one attached hydrogen (secondary N) is 1. The number of aliphatic carboxylic acids is 1. The summed E-state index contributed by atoms with van der Waals surface area (Å²) in [6, 6.07) is 8.33. The van der Waals surface area contributed by atoms with Crippen LogP contribution in [-0.4, -0.2) is 27.0 Å². The first-order chi connectivity index (χ1) is 9.79. The summed E-state index contributed by atoms with van der Waals surface area (Å²) < 4.78 is 1.87. The van der Waals surface area contributed by atoms with Crippen LogP contribution in [0.15, 0.2) is 29.4 Å². The van der Waals surface area contributed by atoms with Gasteiger partial charge in [0, 0.05) is 0 Å². The molecule has 0 atom stereocenters. The quantitative estimate of drug-likeness (QED) is 0.672. The Kier molecular flexibility index (Phi) is 4.37. The van der Waals surface area contributed by atoms with Crippen LogP contribution in [0.4, 0.5) is 0 Å². The maximum absolute atomic E-state index is 10.6. The molecule has 0 aliphatic carbocycles. The fourth-order valence-electron chi connectivity index (χ4n) is 1.99. The van der Waals surface area contributed by atoms with Gasteiger partial charge in [-0.2, -0.15) is 0 Å². The van der Waals surface area contributed by atoms with E-state index in [4.69, 9.17) is 5.11 Å². The number of hydrogen-bond acceptors (Lipinski definition) is 3. The van der Waals surface area contributed by atoms with E-state index in [1.165, 1.54) is 17.3 Å². The zero-order valence-electron chi connectivity index (χ0n) is 12.7. The molecule has 2 N–H and O–H groups in total.